The predicted molar refractivity (Wildman–Crippen MR) is 98.5 cm³/mol. The van der Waals surface area contributed by atoms with Crippen LogP contribution in [0, 0.1) is 0 Å². The molecule has 2 aromatic heterocycles. The van der Waals surface area contributed by atoms with Gasteiger partial charge in [-0.05, 0) is 24.6 Å². The van der Waals surface area contributed by atoms with E-state index in [4.69, 9.17) is 0 Å². The molecule has 0 radical (unpaired) electrons. The van der Waals surface area contributed by atoms with Gasteiger partial charge >= 0.3 is 0 Å². The Morgan fingerprint density at radius 2 is 1.92 bits per heavy atom. The van der Waals surface area contributed by atoms with Gasteiger partial charge in [-0.1, -0.05) is 12.1 Å². The lowest BCUT2D eigenvalue weighted by molar-refractivity contribution is 0.0755. The number of fused-ring (bicyclic) bond motifs is 1. The van der Waals surface area contributed by atoms with E-state index < -0.39 is 0 Å². The number of aryl methyl sites for hydroxylation is 1. The molecule has 4 rings (SSSR count). The summed E-state index contributed by atoms with van der Waals surface area (Å²) < 4.78 is 1.90. The lowest BCUT2D eigenvalue weighted by Crippen LogP contribution is -2.35. The lowest BCUT2D eigenvalue weighted by Gasteiger charge is -2.21. The van der Waals surface area contributed by atoms with Gasteiger partial charge in [0.1, 0.15) is 5.69 Å². The van der Waals surface area contributed by atoms with Gasteiger partial charge in [0.05, 0.1) is 22.9 Å². The predicted octanol–water partition coefficient (Wildman–Crippen LogP) is 1.71. The fourth-order valence-corrected chi connectivity index (χ4v) is 3.34. The van der Waals surface area contributed by atoms with Gasteiger partial charge in [-0.25, -0.2) is 4.98 Å². The summed E-state index contributed by atoms with van der Waals surface area (Å²) in [5.41, 5.74) is 3.17. The Balaban J connectivity index is 1.44. The minimum absolute atomic E-state index is 0.0364. The number of nitrogens with zero attached hydrogens (tertiary/aromatic N) is 6. The monoisotopic (exact) mass is 350 g/mol. The van der Waals surface area contributed by atoms with Crippen molar-refractivity contribution >= 4 is 16.9 Å². The van der Waals surface area contributed by atoms with Gasteiger partial charge in [0, 0.05) is 46.0 Å². The largest absolute Gasteiger partial charge is 0.336 e. The Bertz CT molecular complexity index is 921. The van der Waals surface area contributed by atoms with E-state index in [1.54, 1.807) is 6.20 Å². The number of carbonyl (C=O) groups excluding carboxylic acids is 1. The van der Waals surface area contributed by atoms with E-state index in [0.717, 1.165) is 43.6 Å². The average molecular weight is 350 g/mol. The fourth-order valence-electron chi connectivity index (χ4n) is 3.34. The molecule has 1 aromatic carbocycles. The Morgan fingerprint density at radius 3 is 2.73 bits per heavy atom. The van der Waals surface area contributed by atoms with E-state index >= 15 is 0 Å². The van der Waals surface area contributed by atoms with Crippen LogP contribution in [0.25, 0.3) is 11.0 Å². The van der Waals surface area contributed by atoms with Crippen LogP contribution in [0.1, 0.15) is 22.6 Å². The second kappa shape index (κ2) is 7.21. The second-order valence-electron chi connectivity index (χ2n) is 6.61. The van der Waals surface area contributed by atoms with Crippen molar-refractivity contribution < 1.29 is 4.79 Å². The van der Waals surface area contributed by atoms with Gasteiger partial charge in [0.2, 0.25) is 0 Å². The van der Waals surface area contributed by atoms with Crippen molar-refractivity contribution in [1.29, 1.82) is 0 Å². The molecule has 0 aliphatic carbocycles. The van der Waals surface area contributed by atoms with Crippen molar-refractivity contribution in [2.75, 3.05) is 26.2 Å². The summed E-state index contributed by atoms with van der Waals surface area (Å²) in [7, 11) is 1.96. The molecule has 0 unspecified atom stereocenters. The number of carbonyl (C=O) groups is 1. The summed E-state index contributed by atoms with van der Waals surface area (Å²) in [4.78, 5) is 26.0. The van der Waals surface area contributed by atoms with Crippen LogP contribution in [0.3, 0.4) is 0 Å². The van der Waals surface area contributed by atoms with Gasteiger partial charge in [-0.3, -0.25) is 19.4 Å². The third-order valence-corrected chi connectivity index (χ3v) is 4.85. The van der Waals surface area contributed by atoms with Crippen LogP contribution >= 0.6 is 0 Å². The second-order valence-corrected chi connectivity index (χ2v) is 6.61. The molecule has 3 heterocycles. The van der Waals surface area contributed by atoms with E-state index in [0.29, 0.717) is 12.2 Å². The van der Waals surface area contributed by atoms with Gasteiger partial charge < -0.3 is 4.90 Å². The highest BCUT2D eigenvalue weighted by molar-refractivity contribution is 5.93. The standard InChI is InChI=1S/C19H22N6O/c1-23-15(7-8-21-23)14-24-9-4-10-25(12-11-24)19(26)18-13-20-16-5-2-3-6-17(16)22-18/h2-3,5-8,13H,4,9-12,14H2,1H3. The van der Waals surface area contributed by atoms with Crippen molar-refractivity contribution in [2.24, 2.45) is 7.05 Å². The van der Waals surface area contributed by atoms with Crippen molar-refractivity contribution in [1.82, 2.24) is 29.5 Å². The molecular weight excluding hydrogens is 328 g/mol. The van der Waals surface area contributed by atoms with E-state index in [-0.39, 0.29) is 5.91 Å². The van der Waals surface area contributed by atoms with Gasteiger partial charge in [0.25, 0.3) is 5.91 Å². The average Bonchev–Trinajstić information content (AvgIpc) is 2.93. The first-order valence-corrected chi connectivity index (χ1v) is 8.91. The molecule has 1 aliphatic heterocycles. The van der Waals surface area contributed by atoms with Crippen molar-refractivity contribution in [2.45, 2.75) is 13.0 Å². The fraction of sp³-hybridized carbons (Fsp3) is 0.368. The number of amides is 1. The number of para-hydroxylation sites is 2. The summed E-state index contributed by atoms with van der Waals surface area (Å²) in [6, 6.07) is 9.66. The maximum Gasteiger partial charge on any atom is 0.274 e. The molecule has 7 heteroatoms. The van der Waals surface area contributed by atoms with Crippen molar-refractivity contribution in [3.8, 4) is 0 Å². The SMILES string of the molecule is Cn1nccc1CN1CCCN(C(=O)c2cnc3ccccc3n2)CC1. The molecule has 3 aromatic rings. The Labute approximate surface area is 152 Å². The zero-order chi connectivity index (χ0) is 17.9. The van der Waals surface area contributed by atoms with Crippen LogP contribution in [0.15, 0.2) is 42.7 Å². The van der Waals surface area contributed by atoms with Crippen LogP contribution < -0.4 is 0 Å². The molecule has 0 saturated carbocycles. The number of rotatable bonds is 3. The maximum atomic E-state index is 12.9. The van der Waals surface area contributed by atoms with Crippen LogP contribution in [-0.2, 0) is 13.6 Å². The Hall–Kier alpha value is -2.80. The van der Waals surface area contributed by atoms with Crippen molar-refractivity contribution in [3.05, 3.63) is 54.1 Å². The summed E-state index contributed by atoms with van der Waals surface area (Å²) in [5, 5.41) is 4.22. The first-order chi connectivity index (χ1) is 12.7. The molecule has 1 saturated heterocycles. The molecule has 0 bridgehead atoms. The summed E-state index contributed by atoms with van der Waals surface area (Å²) in [6.45, 7) is 4.12. The summed E-state index contributed by atoms with van der Waals surface area (Å²) >= 11 is 0. The van der Waals surface area contributed by atoms with Crippen molar-refractivity contribution in [3.63, 3.8) is 0 Å². The number of hydrogen-bond donors (Lipinski definition) is 0. The highest BCUT2D eigenvalue weighted by Crippen LogP contribution is 2.13. The molecule has 0 N–H and O–H groups in total. The molecule has 134 valence electrons. The molecule has 26 heavy (non-hydrogen) atoms. The quantitative estimate of drug-likeness (QED) is 0.719. The first kappa shape index (κ1) is 16.7. The number of benzene rings is 1. The van der Waals surface area contributed by atoms with Crippen LogP contribution in [0.2, 0.25) is 0 Å². The third kappa shape index (κ3) is 3.43. The molecule has 7 nitrogen and oxygen atoms in total. The Kier molecular flexibility index (Phi) is 4.62. The van der Waals surface area contributed by atoms with Crippen LogP contribution in [0.5, 0.6) is 0 Å². The van der Waals surface area contributed by atoms with Gasteiger partial charge in [-0.15, -0.1) is 0 Å². The zero-order valence-electron chi connectivity index (χ0n) is 14.9. The minimum Gasteiger partial charge on any atom is -0.336 e. The molecule has 1 fully saturated rings. The van der Waals surface area contributed by atoms with E-state index in [1.165, 1.54) is 5.69 Å². The molecular formula is C19H22N6O. The number of aromatic nitrogens is 4. The molecule has 1 amide bonds. The smallest absolute Gasteiger partial charge is 0.274 e. The minimum atomic E-state index is -0.0364. The normalized spacial score (nSPS) is 16.0. The highest BCUT2D eigenvalue weighted by atomic mass is 16.2. The first-order valence-electron chi connectivity index (χ1n) is 8.91. The molecule has 0 spiro atoms. The summed E-state index contributed by atoms with van der Waals surface area (Å²) in [5.74, 6) is -0.0364. The topological polar surface area (TPSA) is 67.2 Å². The van der Waals surface area contributed by atoms with E-state index in [2.05, 4.69) is 20.0 Å². The zero-order valence-corrected chi connectivity index (χ0v) is 14.9. The van der Waals surface area contributed by atoms with Gasteiger partial charge in [-0.2, -0.15) is 5.10 Å². The Morgan fingerprint density at radius 1 is 1.08 bits per heavy atom. The third-order valence-electron chi connectivity index (χ3n) is 4.85. The highest BCUT2D eigenvalue weighted by Gasteiger charge is 2.22. The lowest BCUT2D eigenvalue weighted by atomic mass is 10.2. The van der Waals surface area contributed by atoms with Crippen LogP contribution in [0.4, 0.5) is 0 Å². The molecule has 1 aliphatic rings. The van der Waals surface area contributed by atoms with E-state index in [9.17, 15) is 4.79 Å². The number of hydrogen-bond acceptors (Lipinski definition) is 5. The maximum absolute atomic E-state index is 12.9. The van der Waals surface area contributed by atoms with E-state index in [1.807, 2.05) is 53.2 Å². The molecule has 0 atom stereocenters. The van der Waals surface area contributed by atoms with Gasteiger partial charge in [0.15, 0.2) is 0 Å². The van der Waals surface area contributed by atoms with Crippen LogP contribution in [-0.4, -0.2) is 61.6 Å². The summed E-state index contributed by atoms with van der Waals surface area (Å²) in [6.07, 6.45) is 4.36.